The number of hydrogen-bond acceptors (Lipinski definition) is 4. The number of carbonyl (C=O) groups excluding carboxylic acids is 1. The third-order valence-electron chi connectivity index (χ3n) is 0.950. The SMILES string of the molecule is NS(=O)(=O)C(=O)c1ncc[nH]1. The van der Waals surface area contributed by atoms with Crippen LogP contribution in [0.5, 0.6) is 0 Å². The molecule has 1 heterocycles. The molecular formula is C4H5N3O3S. The number of aromatic amines is 1. The molecule has 0 unspecified atom stereocenters. The van der Waals surface area contributed by atoms with Gasteiger partial charge in [0.1, 0.15) is 0 Å². The van der Waals surface area contributed by atoms with Crippen molar-refractivity contribution in [3.8, 4) is 0 Å². The lowest BCUT2D eigenvalue weighted by molar-refractivity contribution is 0.106. The number of imidazole rings is 1. The molecule has 6 nitrogen and oxygen atoms in total. The van der Waals surface area contributed by atoms with Crippen molar-refractivity contribution < 1.29 is 13.2 Å². The molecule has 1 rings (SSSR count). The van der Waals surface area contributed by atoms with Gasteiger partial charge >= 0.3 is 5.12 Å². The van der Waals surface area contributed by atoms with Gasteiger partial charge in [0.05, 0.1) is 0 Å². The van der Waals surface area contributed by atoms with Crippen molar-refractivity contribution in [1.82, 2.24) is 9.97 Å². The lowest BCUT2D eigenvalue weighted by Crippen LogP contribution is -2.24. The summed E-state index contributed by atoms with van der Waals surface area (Å²) in [6, 6.07) is 0. The largest absolute Gasteiger partial charge is 0.341 e. The summed E-state index contributed by atoms with van der Waals surface area (Å²) in [6.07, 6.45) is 2.59. The number of nitrogens with one attached hydrogen (secondary N) is 1. The third kappa shape index (κ3) is 1.63. The molecule has 0 aliphatic rings. The molecule has 3 N–H and O–H groups in total. The van der Waals surface area contributed by atoms with Crippen LogP contribution in [0, 0.1) is 0 Å². The Labute approximate surface area is 62.5 Å². The first kappa shape index (κ1) is 7.89. The van der Waals surface area contributed by atoms with Crippen molar-refractivity contribution in [2.45, 2.75) is 0 Å². The summed E-state index contributed by atoms with van der Waals surface area (Å²) in [4.78, 5) is 16.5. The summed E-state index contributed by atoms with van der Waals surface area (Å²) in [5.74, 6) is -0.271. The molecule has 0 aliphatic carbocycles. The molecule has 7 heteroatoms. The summed E-state index contributed by atoms with van der Waals surface area (Å²) < 4.78 is 20.8. The van der Waals surface area contributed by atoms with Crippen LogP contribution in [0.3, 0.4) is 0 Å². The first-order valence-electron chi connectivity index (χ1n) is 2.58. The Morgan fingerprint density at radius 3 is 2.64 bits per heavy atom. The Morgan fingerprint density at radius 1 is 1.64 bits per heavy atom. The van der Waals surface area contributed by atoms with Crippen LogP contribution in [0.1, 0.15) is 10.6 Å². The van der Waals surface area contributed by atoms with E-state index >= 15 is 0 Å². The van der Waals surface area contributed by atoms with E-state index in [0.717, 1.165) is 0 Å². The minimum Gasteiger partial charge on any atom is -0.341 e. The molecule has 0 radical (unpaired) electrons. The van der Waals surface area contributed by atoms with Gasteiger partial charge in [-0.3, -0.25) is 4.79 Å². The van der Waals surface area contributed by atoms with E-state index in [0.29, 0.717) is 0 Å². The van der Waals surface area contributed by atoms with Crippen LogP contribution in [-0.2, 0) is 10.0 Å². The quantitative estimate of drug-likeness (QED) is 0.561. The Balaban J connectivity index is 3.07. The fourth-order valence-corrected chi connectivity index (χ4v) is 0.893. The van der Waals surface area contributed by atoms with Crippen LogP contribution in [0.2, 0.25) is 0 Å². The molecular weight excluding hydrogens is 170 g/mol. The highest BCUT2D eigenvalue weighted by atomic mass is 32.2. The second kappa shape index (κ2) is 2.44. The van der Waals surface area contributed by atoms with Gasteiger partial charge in [-0.2, -0.15) is 0 Å². The molecule has 0 aliphatic heterocycles. The van der Waals surface area contributed by atoms with Gasteiger partial charge in [-0.05, 0) is 0 Å². The van der Waals surface area contributed by atoms with E-state index in [9.17, 15) is 13.2 Å². The molecule has 0 saturated carbocycles. The number of primary sulfonamides is 1. The minimum atomic E-state index is -4.16. The molecule has 0 bridgehead atoms. The number of hydrogen-bond donors (Lipinski definition) is 2. The highest BCUT2D eigenvalue weighted by Gasteiger charge is 2.20. The maximum absolute atomic E-state index is 10.7. The van der Waals surface area contributed by atoms with Crippen molar-refractivity contribution >= 4 is 15.1 Å². The summed E-state index contributed by atoms with van der Waals surface area (Å²) >= 11 is 0. The number of rotatable bonds is 1. The van der Waals surface area contributed by atoms with Crippen LogP contribution in [0.15, 0.2) is 12.4 Å². The van der Waals surface area contributed by atoms with E-state index in [4.69, 9.17) is 0 Å². The molecule has 0 spiro atoms. The number of H-pyrrole nitrogens is 1. The number of nitrogens with zero attached hydrogens (tertiary/aromatic N) is 1. The van der Waals surface area contributed by atoms with Gasteiger partial charge in [0.2, 0.25) is 0 Å². The summed E-state index contributed by atoms with van der Waals surface area (Å²) in [5.41, 5.74) is 0. The van der Waals surface area contributed by atoms with Gasteiger partial charge in [0.15, 0.2) is 5.82 Å². The minimum absolute atomic E-state index is 0.271. The Bertz CT molecular complexity index is 352. The van der Waals surface area contributed by atoms with Gasteiger partial charge in [0.25, 0.3) is 10.0 Å². The fourth-order valence-electron chi connectivity index (χ4n) is 0.512. The highest BCUT2D eigenvalue weighted by Crippen LogP contribution is 1.94. The zero-order valence-corrected chi connectivity index (χ0v) is 6.13. The molecule has 0 atom stereocenters. The van der Waals surface area contributed by atoms with Crippen molar-refractivity contribution in [2.24, 2.45) is 5.14 Å². The zero-order chi connectivity index (χ0) is 8.48. The van der Waals surface area contributed by atoms with Crippen molar-refractivity contribution in [1.29, 1.82) is 0 Å². The monoisotopic (exact) mass is 175 g/mol. The highest BCUT2D eigenvalue weighted by molar-refractivity contribution is 8.04. The standard InChI is InChI=1S/C4H5N3O3S/c5-11(9,10)4(8)3-6-1-2-7-3/h1-2H,(H,6,7)(H2,5,9,10). The summed E-state index contributed by atoms with van der Waals surface area (Å²) in [6.45, 7) is 0. The summed E-state index contributed by atoms with van der Waals surface area (Å²) in [5, 5.41) is 3.33. The second-order valence-electron chi connectivity index (χ2n) is 1.77. The number of nitrogens with two attached hydrogens (primary N) is 1. The van der Waals surface area contributed by atoms with Crippen molar-refractivity contribution in [3.63, 3.8) is 0 Å². The molecule has 0 amide bonds. The normalized spacial score (nSPS) is 11.4. The van der Waals surface area contributed by atoms with Crippen LogP contribution < -0.4 is 5.14 Å². The average molecular weight is 175 g/mol. The Kier molecular flexibility index (Phi) is 1.75. The number of sulfonamides is 1. The van der Waals surface area contributed by atoms with Gasteiger partial charge in [-0.15, -0.1) is 0 Å². The molecule has 60 valence electrons. The second-order valence-corrected chi connectivity index (χ2v) is 3.23. The van der Waals surface area contributed by atoms with E-state index in [1.807, 2.05) is 0 Å². The summed E-state index contributed by atoms with van der Waals surface area (Å²) in [7, 11) is -4.16. The molecule has 0 saturated heterocycles. The Morgan fingerprint density at radius 2 is 2.27 bits per heavy atom. The lowest BCUT2D eigenvalue weighted by Gasteiger charge is -1.89. The molecule has 0 fully saturated rings. The lowest BCUT2D eigenvalue weighted by atomic mass is 10.7. The van der Waals surface area contributed by atoms with Gasteiger partial charge in [0, 0.05) is 12.4 Å². The maximum atomic E-state index is 10.7. The third-order valence-corrected chi connectivity index (χ3v) is 1.66. The van der Waals surface area contributed by atoms with Crippen molar-refractivity contribution in [2.75, 3.05) is 0 Å². The van der Waals surface area contributed by atoms with Gasteiger partial charge < -0.3 is 4.98 Å². The predicted octanol–water partition coefficient (Wildman–Crippen LogP) is -1.16. The first-order chi connectivity index (χ1) is 5.02. The molecule has 11 heavy (non-hydrogen) atoms. The number of carbonyl (C=O) groups is 1. The topological polar surface area (TPSA) is 106 Å². The van der Waals surface area contributed by atoms with E-state index < -0.39 is 15.1 Å². The van der Waals surface area contributed by atoms with Crippen LogP contribution in [0.25, 0.3) is 0 Å². The molecule has 0 aromatic carbocycles. The van der Waals surface area contributed by atoms with Crippen LogP contribution >= 0.6 is 0 Å². The van der Waals surface area contributed by atoms with Crippen molar-refractivity contribution in [3.05, 3.63) is 18.2 Å². The van der Waals surface area contributed by atoms with Crippen LogP contribution in [0.4, 0.5) is 0 Å². The fraction of sp³-hybridized carbons (Fsp3) is 0. The van der Waals surface area contributed by atoms with Gasteiger partial charge in [-0.1, -0.05) is 0 Å². The maximum Gasteiger partial charge on any atom is 0.326 e. The van der Waals surface area contributed by atoms with E-state index in [2.05, 4.69) is 15.1 Å². The molecule has 1 aromatic rings. The van der Waals surface area contributed by atoms with E-state index in [1.165, 1.54) is 12.4 Å². The average Bonchev–Trinajstić information content (AvgIpc) is 2.34. The predicted molar refractivity (Wildman–Crippen MR) is 36.0 cm³/mol. The Hall–Kier alpha value is -1.21. The zero-order valence-electron chi connectivity index (χ0n) is 5.31. The first-order valence-corrected chi connectivity index (χ1v) is 4.13. The number of aromatic nitrogens is 2. The molecule has 1 aromatic heterocycles. The van der Waals surface area contributed by atoms with Crippen LogP contribution in [-0.4, -0.2) is 23.5 Å². The van der Waals surface area contributed by atoms with Gasteiger partial charge in [-0.25, -0.2) is 18.5 Å². The van der Waals surface area contributed by atoms with E-state index in [-0.39, 0.29) is 5.82 Å². The van der Waals surface area contributed by atoms with E-state index in [1.54, 1.807) is 0 Å². The smallest absolute Gasteiger partial charge is 0.326 e.